The van der Waals surface area contributed by atoms with Gasteiger partial charge in [0.05, 0.1) is 42.5 Å². The van der Waals surface area contributed by atoms with Gasteiger partial charge in [0.25, 0.3) is 5.91 Å². The Labute approximate surface area is 192 Å². The van der Waals surface area contributed by atoms with Crippen LogP contribution in [0.2, 0.25) is 0 Å². The predicted octanol–water partition coefficient (Wildman–Crippen LogP) is 5.21. The van der Waals surface area contributed by atoms with E-state index in [-0.39, 0.29) is 11.7 Å². The average molecular weight is 453 g/mol. The lowest BCUT2D eigenvalue weighted by atomic mass is 10.0. The van der Waals surface area contributed by atoms with Crippen molar-refractivity contribution in [2.75, 3.05) is 25.6 Å². The number of hydrogen-bond donors (Lipinski definition) is 3. The van der Waals surface area contributed by atoms with Gasteiger partial charge in [-0.05, 0) is 24.6 Å². The van der Waals surface area contributed by atoms with E-state index in [1.165, 1.54) is 19.6 Å². The van der Waals surface area contributed by atoms with Gasteiger partial charge >= 0.3 is 0 Å². The molecule has 0 unspecified atom stereocenters. The highest BCUT2D eigenvalue weighted by Gasteiger charge is 2.28. The molecule has 1 amide bonds. The third kappa shape index (κ3) is 4.79. The number of nitrogens with zero attached hydrogens (tertiary/aromatic N) is 1. The second-order valence-corrected chi connectivity index (χ2v) is 7.96. The number of benzene rings is 1. The number of anilines is 2. The van der Waals surface area contributed by atoms with Crippen LogP contribution in [0.5, 0.6) is 11.5 Å². The number of ether oxygens (including phenoxy) is 2. The number of fused-ring (bicyclic) bond motifs is 1. The van der Waals surface area contributed by atoms with Crippen molar-refractivity contribution < 1.29 is 18.7 Å². The number of aromatic amines is 1. The van der Waals surface area contributed by atoms with Gasteiger partial charge in [-0.15, -0.1) is 0 Å². The topological polar surface area (TPSA) is 88.3 Å². The fourth-order valence-electron chi connectivity index (χ4n) is 4.07. The summed E-state index contributed by atoms with van der Waals surface area (Å²) in [5, 5.41) is 6.14. The Morgan fingerprint density at radius 2 is 2.09 bits per heavy atom. The maximum Gasteiger partial charge on any atom is 0.255 e. The summed E-state index contributed by atoms with van der Waals surface area (Å²) in [6.45, 7) is 3.30. The molecule has 33 heavy (non-hydrogen) atoms. The van der Waals surface area contributed by atoms with Gasteiger partial charge in [-0.3, -0.25) is 9.78 Å². The zero-order valence-corrected chi connectivity index (χ0v) is 19.0. The first-order valence-corrected chi connectivity index (χ1v) is 11.3. The number of hydrogen-bond acceptors (Lipinski definition) is 5. The molecule has 7 nitrogen and oxygen atoms in total. The summed E-state index contributed by atoms with van der Waals surface area (Å²) < 4.78 is 25.7. The number of amides is 1. The maximum atomic E-state index is 14.3. The van der Waals surface area contributed by atoms with E-state index in [0.717, 1.165) is 30.5 Å². The Hall–Kier alpha value is -3.55. The predicted molar refractivity (Wildman–Crippen MR) is 126 cm³/mol. The van der Waals surface area contributed by atoms with Gasteiger partial charge < -0.3 is 25.1 Å². The van der Waals surface area contributed by atoms with Crippen LogP contribution in [0.3, 0.4) is 0 Å². The van der Waals surface area contributed by atoms with Crippen LogP contribution in [0.15, 0.2) is 36.7 Å². The Bertz CT molecular complexity index is 1130. The number of halogens is 1. The van der Waals surface area contributed by atoms with Crippen molar-refractivity contribution in [3.63, 3.8) is 0 Å². The molecule has 2 aromatic heterocycles. The number of pyridine rings is 1. The number of carbonyl (C=O) groups is 1. The van der Waals surface area contributed by atoms with Gasteiger partial charge in [-0.25, -0.2) is 4.39 Å². The average Bonchev–Trinajstić information content (AvgIpc) is 3.19. The molecular formula is C25H29FN4O3. The third-order valence-corrected chi connectivity index (χ3v) is 5.71. The summed E-state index contributed by atoms with van der Waals surface area (Å²) in [5.41, 5.74) is 3.77. The van der Waals surface area contributed by atoms with Crippen LogP contribution in [0.1, 0.15) is 48.7 Å². The Morgan fingerprint density at radius 1 is 1.21 bits per heavy atom. The van der Waals surface area contributed by atoms with Crippen LogP contribution in [0.25, 0.3) is 11.3 Å². The van der Waals surface area contributed by atoms with Crippen molar-refractivity contribution in [1.29, 1.82) is 0 Å². The van der Waals surface area contributed by atoms with E-state index in [1.807, 2.05) is 6.07 Å². The quantitative estimate of drug-likeness (QED) is 0.368. The highest BCUT2D eigenvalue weighted by molar-refractivity contribution is 6.06. The van der Waals surface area contributed by atoms with Crippen molar-refractivity contribution in [3.05, 3.63) is 53.7 Å². The number of para-hydroxylation sites is 1. The van der Waals surface area contributed by atoms with Crippen LogP contribution in [0, 0.1) is 5.82 Å². The molecule has 0 radical (unpaired) electrons. The summed E-state index contributed by atoms with van der Waals surface area (Å²) in [6, 6.07) is 6.49. The van der Waals surface area contributed by atoms with Crippen molar-refractivity contribution in [1.82, 2.24) is 15.3 Å². The lowest BCUT2D eigenvalue weighted by Gasteiger charge is -2.17. The highest BCUT2D eigenvalue weighted by Crippen LogP contribution is 2.41. The van der Waals surface area contributed by atoms with Gasteiger partial charge in [0.1, 0.15) is 5.75 Å². The lowest BCUT2D eigenvalue weighted by Crippen LogP contribution is -2.31. The van der Waals surface area contributed by atoms with E-state index >= 15 is 0 Å². The molecule has 174 valence electrons. The molecule has 0 atom stereocenters. The van der Waals surface area contributed by atoms with Crippen molar-refractivity contribution in [2.24, 2.45) is 0 Å². The molecule has 0 aliphatic carbocycles. The fourth-order valence-corrected chi connectivity index (χ4v) is 4.07. The summed E-state index contributed by atoms with van der Waals surface area (Å²) in [4.78, 5) is 20.4. The van der Waals surface area contributed by atoms with Crippen LogP contribution >= 0.6 is 0 Å². The summed E-state index contributed by atoms with van der Waals surface area (Å²) in [7, 11) is 1.41. The number of methoxy groups -OCH3 is 1. The monoisotopic (exact) mass is 452 g/mol. The van der Waals surface area contributed by atoms with Crippen LogP contribution in [-0.4, -0.2) is 36.1 Å². The van der Waals surface area contributed by atoms with Crippen molar-refractivity contribution in [2.45, 2.75) is 39.0 Å². The van der Waals surface area contributed by atoms with Crippen LogP contribution in [-0.2, 0) is 6.42 Å². The Morgan fingerprint density at radius 3 is 2.91 bits per heavy atom. The standard InChI is InChI=1S/C25H29FN4O3/c1-3-4-5-6-14-33-20-15-27-12-10-16(20)22-23(21-18(29-22)11-13-28-25(21)31)30-19-9-7-8-17(26)24(19)32-2/h7-10,12,15,29-30H,3-6,11,13-14H2,1-2H3,(H,28,31). The van der Waals surface area contributed by atoms with E-state index in [9.17, 15) is 9.18 Å². The molecule has 0 saturated carbocycles. The molecule has 4 rings (SSSR count). The molecule has 1 aromatic carbocycles. The van der Waals surface area contributed by atoms with Gasteiger partial charge in [0, 0.05) is 30.4 Å². The van der Waals surface area contributed by atoms with Crippen molar-refractivity contribution in [3.8, 4) is 22.8 Å². The molecule has 0 fully saturated rings. The van der Waals surface area contributed by atoms with Gasteiger partial charge in [-0.1, -0.05) is 32.3 Å². The van der Waals surface area contributed by atoms with Gasteiger partial charge in [-0.2, -0.15) is 0 Å². The van der Waals surface area contributed by atoms with Gasteiger partial charge in [0.2, 0.25) is 0 Å². The second-order valence-electron chi connectivity index (χ2n) is 7.96. The lowest BCUT2D eigenvalue weighted by molar-refractivity contribution is 0.0947. The van der Waals surface area contributed by atoms with Crippen molar-refractivity contribution >= 4 is 17.3 Å². The molecule has 3 heterocycles. The largest absolute Gasteiger partial charge is 0.492 e. The molecule has 8 heteroatoms. The summed E-state index contributed by atoms with van der Waals surface area (Å²) >= 11 is 0. The minimum Gasteiger partial charge on any atom is -0.492 e. The van der Waals surface area contributed by atoms with Gasteiger partial charge in [0.15, 0.2) is 11.6 Å². The van der Waals surface area contributed by atoms with E-state index < -0.39 is 5.82 Å². The molecule has 0 saturated heterocycles. The highest BCUT2D eigenvalue weighted by atomic mass is 19.1. The summed E-state index contributed by atoms with van der Waals surface area (Å²) in [5.74, 6) is 0.0321. The number of rotatable bonds is 10. The summed E-state index contributed by atoms with van der Waals surface area (Å²) in [6.07, 6.45) is 8.42. The Kier molecular flexibility index (Phi) is 7.12. The van der Waals surface area contributed by atoms with E-state index in [0.29, 0.717) is 48.0 Å². The number of carbonyl (C=O) groups excluding carboxylic acids is 1. The molecule has 1 aliphatic rings. The molecule has 3 N–H and O–H groups in total. The maximum absolute atomic E-state index is 14.3. The van der Waals surface area contributed by atoms with Crippen LogP contribution < -0.4 is 20.1 Å². The van der Waals surface area contributed by atoms with E-state index in [4.69, 9.17) is 9.47 Å². The molecule has 0 spiro atoms. The smallest absolute Gasteiger partial charge is 0.255 e. The number of nitrogens with one attached hydrogen (secondary N) is 3. The minimum absolute atomic E-state index is 0.0803. The first-order valence-electron chi connectivity index (χ1n) is 11.3. The van der Waals surface area contributed by atoms with E-state index in [1.54, 1.807) is 24.5 Å². The molecule has 3 aromatic rings. The van der Waals surface area contributed by atoms with E-state index in [2.05, 4.69) is 27.5 Å². The number of unbranched alkanes of at least 4 members (excludes halogenated alkanes) is 3. The first-order chi connectivity index (χ1) is 16.1. The molecule has 1 aliphatic heterocycles. The zero-order chi connectivity index (χ0) is 23.2. The zero-order valence-electron chi connectivity index (χ0n) is 19.0. The first kappa shape index (κ1) is 22.6. The molecule has 0 bridgehead atoms. The minimum atomic E-state index is -0.488. The third-order valence-electron chi connectivity index (χ3n) is 5.71. The fraction of sp³-hybridized carbons (Fsp3) is 0.360. The number of H-pyrrole nitrogens is 1. The second kappa shape index (κ2) is 10.4. The Balaban J connectivity index is 1.75. The molecular weight excluding hydrogens is 423 g/mol. The SMILES string of the molecule is CCCCCCOc1cnccc1-c1[nH]c2c(c1Nc1cccc(F)c1OC)C(=O)NCC2. The van der Waals surface area contributed by atoms with Crippen LogP contribution in [0.4, 0.5) is 15.8 Å². The normalized spacial score (nSPS) is 12.8. The number of aromatic nitrogens is 2.